The quantitative estimate of drug-likeness (QED) is 0.175. The summed E-state index contributed by atoms with van der Waals surface area (Å²) < 4.78 is 2.22. The van der Waals surface area contributed by atoms with Gasteiger partial charge in [-0.1, -0.05) is 137 Å². The maximum Gasteiger partial charge on any atom is 0.148 e. The van der Waals surface area contributed by atoms with Gasteiger partial charge in [-0.05, 0) is 98.6 Å². The van der Waals surface area contributed by atoms with Crippen LogP contribution in [0.3, 0.4) is 0 Å². The number of hydrogen-bond donors (Lipinski definition) is 1. The number of rotatable bonds is 5. The van der Waals surface area contributed by atoms with Gasteiger partial charge in [0.25, 0.3) is 0 Å². The van der Waals surface area contributed by atoms with E-state index in [4.69, 9.17) is 9.97 Å². The van der Waals surface area contributed by atoms with Crippen molar-refractivity contribution in [1.82, 2.24) is 14.5 Å². The van der Waals surface area contributed by atoms with E-state index in [2.05, 4.69) is 180 Å². The number of phenols is 1. The third kappa shape index (κ3) is 7.16. The minimum absolute atomic E-state index is 0. The van der Waals surface area contributed by atoms with Crippen molar-refractivity contribution in [1.29, 1.82) is 0 Å². The van der Waals surface area contributed by atoms with E-state index in [1.807, 2.05) is 18.3 Å². The van der Waals surface area contributed by atoms with Crippen molar-refractivity contribution in [3.8, 4) is 56.2 Å². The van der Waals surface area contributed by atoms with E-state index in [1.54, 1.807) is 6.07 Å². The average molecular weight is 936 g/mol. The van der Waals surface area contributed by atoms with E-state index in [-0.39, 0.29) is 37.6 Å². The summed E-state index contributed by atoms with van der Waals surface area (Å²) in [7, 11) is 0. The SMILES string of the molecule is Cc1cc(-c2[c-]c(-c3cc(-c4ccc5ccccc5c4)cc4c3nc(-c3cc(C(C)(C)C)ccc3O)n4-c3ccc(C(C)(C)C)cc3)ccc2)c2ncccc2c1.[Pt]. The van der Waals surface area contributed by atoms with E-state index < -0.39 is 0 Å². The molecule has 2 aromatic heterocycles. The topological polar surface area (TPSA) is 50.9 Å². The zero-order valence-electron chi connectivity index (χ0n) is 34.0. The Bertz CT molecular complexity index is 3000. The number of aromatic hydroxyl groups is 1. The minimum atomic E-state index is -0.133. The number of benzene rings is 7. The Morgan fingerprint density at radius 3 is 1.95 bits per heavy atom. The minimum Gasteiger partial charge on any atom is -0.507 e. The van der Waals surface area contributed by atoms with Crippen molar-refractivity contribution in [3.05, 3.63) is 168 Å². The van der Waals surface area contributed by atoms with E-state index in [0.29, 0.717) is 11.4 Å². The van der Waals surface area contributed by atoms with E-state index in [1.165, 1.54) is 21.9 Å². The molecular formula is C53H46N3OPt-. The van der Waals surface area contributed by atoms with E-state index >= 15 is 0 Å². The first-order valence-corrected chi connectivity index (χ1v) is 19.7. The molecule has 0 saturated heterocycles. The maximum atomic E-state index is 11.6. The van der Waals surface area contributed by atoms with Crippen LogP contribution in [-0.2, 0) is 31.9 Å². The van der Waals surface area contributed by atoms with Gasteiger partial charge in [-0.3, -0.25) is 9.55 Å². The molecule has 1 N–H and O–H groups in total. The second-order valence-corrected chi connectivity index (χ2v) is 17.4. The molecule has 0 aliphatic rings. The molecule has 0 saturated carbocycles. The van der Waals surface area contributed by atoms with Gasteiger partial charge in [-0.15, -0.1) is 35.4 Å². The Labute approximate surface area is 355 Å². The fourth-order valence-electron chi connectivity index (χ4n) is 7.98. The van der Waals surface area contributed by atoms with Crippen LogP contribution in [0.1, 0.15) is 58.2 Å². The molecule has 0 atom stereocenters. The molecule has 7 aromatic carbocycles. The summed E-state index contributed by atoms with van der Waals surface area (Å²) in [6.07, 6.45) is 1.86. The van der Waals surface area contributed by atoms with Crippen LogP contribution < -0.4 is 0 Å². The van der Waals surface area contributed by atoms with Crippen LogP contribution in [0.2, 0.25) is 0 Å². The molecule has 9 aromatic rings. The number of aromatic nitrogens is 3. The average Bonchev–Trinajstić information content (AvgIpc) is 3.58. The number of imidazole rings is 1. The van der Waals surface area contributed by atoms with Crippen LogP contribution in [0.25, 0.3) is 83.2 Å². The smallest absolute Gasteiger partial charge is 0.148 e. The number of aryl methyl sites for hydroxylation is 1. The van der Waals surface area contributed by atoms with E-state index in [0.717, 1.165) is 66.6 Å². The first kappa shape index (κ1) is 39.0. The summed E-state index contributed by atoms with van der Waals surface area (Å²) in [4.78, 5) is 10.3. The van der Waals surface area contributed by atoms with Crippen LogP contribution in [0.4, 0.5) is 0 Å². The third-order valence-electron chi connectivity index (χ3n) is 11.2. The largest absolute Gasteiger partial charge is 0.507 e. The zero-order chi connectivity index (χ0) is 39.6. The Morgan fingerprint density at radius 1 is 0.552 bits per heavy atom. The monoisotopic (exact) mass is 935 g/mol. The maximum absolute atomic E-state index is 11.6. The van der Waals surface area contributed by atoms with Crippen LogP contribution in [0.15, 0.2) is 146 Å². The fourth-order valence-corrected chi connectivity index (χ4v) is 7.98. The standard InChI is InChI=1S/C53H46N3O.Pt/c1-33-26-39-16-11-25-54-49(39)44(27-33)37-14-10-15-38(29-37)45-30-40(36-18-17-34-12-8-9-13-35(34)28-36)31-47-50(45)55-51(46-32-42(53(5,6)7)21-24-48(46)57)56(47)43-22-19-41(20-23-43)52(2,3)4;/h8-28,30-32,57H,1-7H3;/q-1;. The first-order valence-electron chi connectivity index (χ1n) is 19.7. The molecule has 9 rings (SSSR count). The third-order valence-corrected chi connectivity index (χ3v) is 11.2. The Balaban J connectivity index is 0.00000469. The molecular weight excluding hydrogens is 890 g/mol. The summed E-state index contributed by atoms with van der Waals surface area (Å²) in [5.74, 6) is 0.869. The normalized spacial score (nSPS) is 12.0. The summed E-state index contributed by atoms with van der Waals surface area (Å²) in [6.45, 7) is 15.4. The second kappa shape index (κ2) is 14.8. The van der Waals surface area contributed by atoms with Crippen LogP contribution >= 0.6 is 0 Å². The van der Waals surface area contributed by atoms with Crippen molar-refractivity contribution in [2.24, 2.45) is 0 Å². The second-order valence-electron chi connectivity index (χ2n) is 17.4. The molecule has 4 nitrogen and oxygen atoms in total. The zero-order valence-corrected chi connectivity index (χ0v) is 36.2. The van der Waals surface area contributed by atoms with Crippen molar-refractivity contribution < 1.29 is 26.2 Å². The first-order chi connectivity index (χ1) is 27.3. The van der Waals surface area contributed by atoms with E-state index in [9.17, 15) is 5.11 Å². The number of phenolic OH excluding ortho intramolecular Hbond substituents is 1. The molecule has 0 unspecified atom stereocenters. The molecule has 2 heterocycles. The summed E-state index contributed by atoms with van der Waals surface area (Å²) >= 11 is 0. The van der Waals surface area contributed by atoms with Gasteiger partial charge >= 0.3 is 0 Å². The molecule has 0 radical (unpaired) electrons. The van der Waals surface area contributed by atoms with Gasteiger partial charge in [0.05, 0.1) is 16.6 Å². The van der Waals surface area contributed by atoms with Crippen molar-refractivity contribution in [2.45, 2.75) is 59.3 Å². The predicted molar refractivity (Wildman–Crippen MR) is 238 cm³/mol. The number of pyridine rings is 1. The summed E-state index contributed by atoms with van der Waals surface area (Å²) in [5.41, 5.74) is 13.8. The molecule has 290 valence electrons. The predicted octanol–water partition coefficient (Wildman–Crippen LogP) is 13.8. The summed E-state index contributed by atoms with van der Waals surface area (Å²) in [6, 6.07) is 53.0. The molecule has 0 amide bonds. The molecule has 0 aliphatic heterocycles. The van der Waals surface area contributed by atoms with Gasteiger partial charge in [0.15, 0.2) is 0 Å². The molecule has 0 fully saturated rings. The fraction of sp³-hybridized carbons (Fsp3) is 0.170. The number of nitrogens with zero attached hydrogens (tertiary/aromatic N) is 3. The molecule has 0 spiro atoms. The van der Waals surface area contributed by atoms with Gasteiger partial charge < -0.3 is 5.11 Å². The van der Waals surface area contributed by atoms with Gasteiger partial charge in [0.2, 0.25) is 0 Å². The van der Waals surface area contributed by atoms with Gasteiger partial charge in [0.1, 0.15) is 11.6 Å². The van der Waals surface area contributed by atoms with Crippen LogP contribution in [-0.4, -0.2) is 19.6 Å². The molecule has 0 bridgehead atoms. The van der Waals surface area contributed by atoms with Crippen molar-refractivity contribution in [3.63, 3.8) is 0 Å². The van der Waals surface area contributed by atoms with Gasteiger partial charge in [-0.2, -0.15) is 0 Å². The number of hydrogen-bond acceptors (Lipinski definition) is 3. The van der Waals surface area contributed by atoms with Gasteiger partial charge in [-0.25, -0.2) is 4.98 Å². The number of fused-ring (bicyclic) bond motifs is 3. The van der Waals surface area contributed by atoms with Gasteiger partial charge in [0, 0.05) is 38.5 Å². The van der Waals surface area contributed by atoms with Crippen LogP contribution in [0.5, 0.6) is 5.75 Å². The van der Waals surface area contributed by atoms with Crippen LogP contribution in [0, 0.1) is 13.0 Å². The molecule has 58 heavy (non-hydrogen) atoms. The Morgan fingerprint density at radius 2 is 1.22 bits per heavy atom. The molecule has 0 aliphatic carbocycles. The Hall–Kier alpha value is -5.83. The molecule has 5 heteroatoms. The summed E-state index contributed by atoms with van der Waals surface area (Å²) in [5, 5.41) is 15.1. The van der Waals surface area contributed by atoms with Crippen molar-refractivity contribution >= 4 is 32.7 Å². The Kier molecular flexibility index (Phi) is 9.98. The van der Waals surface area contributed by atoms with Crippen molar-refractivity contribution in [2.75, 3.05) is 0 Å².